The van der Waals surface area contributed by atoms with E-state index in [2.05, 4.69) is 15.1 Å². The van der Waals surface area contributed by atoms with Crippen LogP contribution in [-0.2, 0) is 5.75 Å². The van der Waals surface area contributed by atoms with Crippen molar-refractivity contribution in [2.75, 3.05) is 6.26 Å². The van der Waals surface area contributed by atoms with Crippen molar-refractivity contribution in [1.82, 2.24) is 15.1 Å². The van der Waals surface area contributed by atoms with E-state index in [4.69, 9.17) is 4.52 Å². The van der Waals surface area contributed by atoms with E-state index < -0.39 is 0 Å². The zero-order chi connectivity index (χ0) is 11.7. The number of hydrogen-bond acceptors (Lipinski definition) is 4. The summed E-state index contributed by atoms with van der Waals surface area (Å²) in [6.45, 7) is 0. The maximum absolute atomic E-state index is 5.19. The maximum atomic E-state index is 5.19. The van der Waals surface area contributed by atoms with Crippen molar-refractivity contribution in [2.45, 2.75) is 5.75 Å². The van der Waals surface area contributed by atoms with Crippen LogP contribution in [0.3, 0.4) is 0 Å². The lowest BCUT2D eigenvalue weighted by Gasteiger charge is -1.96. The van der Waals surface area contributed by atoms with Crippen LogP contribution in [0.5, 0.6) is 0 Å². The van der Waals surface area contributed by atoms with Crippen LogP contribution in [0, 0.1) is 0 Å². The lowest BCUT2D eigenvalue weighted by Crippen LogP contribution is -1.83. The molecule has 2 aromatic heterocycles. The van der Waals surface area contributed by atoms with E-state index in [-0.39, 0.29) is 0 Å². The van der Waals surface area contributed by atoms with Gasteiger partial charge in [-0.25, -0.2) is 0 Å². The molecule has 4 nitrogen and oxygen atoms in total. The minimum Gasteiger partial charge on any atom is -0.361 e. The molecule has 0 aliphatic rings. The lowest BCUT2D eigenvalue weighted by molar-refractivity contribution is 0.392. The van der Waals surface area contributed by atoms with Gasteiger partial charge in [-0.1, -0.05) is 17.3 Å². The summed E-state index contributed by atoms with van der Waals surface area (Å²) in [4.78, 5) is 7.56. The van der Waals surface area contributed by atoms with E-state index in [1.54, 1.807) is 11.8 Å². The zero-order valence-electron chi connectivity index (χ0n) is 9.30. The average Bonchev–Trinajstić information content (AvgIpc) is 2.96. The number of nitrogens with one attached hydrogen (secondary N) is 1. The molecule has 0 radical (unpaired) electrons. The predicted octanol–water partition coefficient (Wildman–Crippen LogP) is 3.08. The number of rotatable bonds is 3. The Morgan fingerprint density at radius 2 is 2.29 bits per heavy atom. The Bertz CT molecular complexity index is 644. The molecule has 0 bridgehead atoms. The smallest absolute Gasteiger partial charge is 0.236 e. The highest BCUT2D eigenvalue weighted by atomic mass is 32.2. The van der Waals surface area contributed by atoms with Crippen molar-refractivity contribution in [3.05, 3.63) is 36.4 Å². The van der Waals surface area contributed by atoms with Crippen molar-refractivity contribution in [1.29, 1.82) is 0 Å². The first kappa shape index (κ1) is 10.4. The molecule has 86 valence electrons. The molecule has 0 spiro atoms. The van der Waals surface area contributed by atoms with Gasteiger partial charge in [0.1, 0.15) is 0 Å². The van der Waals surface area contributed by atoms with Crippen molar-refractivity contribution in [3.63, 3.8) is 0 Å². The van der Waals surface area contributed by atoms with Gasteiger partial charge in [-0.05, 0) is 18.4 Å². The summed E-state index contributed by atoms with van der Waals surface area (Å²) in [5.41, 5.74) is 2.08. The molecule has 1 N–H and O–H groups in total. The first-order valence-corrected chi connectivity index (χ1v) is 6.66. The molecule has 0 saturated carbocycles. The van der Waals surface area contributed by atoms with Crippen molar-refractivity contribution in [2.24, 2.45) is 0 Å². The van der Waals surface area contributed by atoms with Gasteiger partial charge >= 0.3 is 0 Å². The minimum absolute atomic E-state index is 0.652. The van der Waals surface area contributed by atoms with E-state index in [0.717, 1.165) is 22.2 Å². The fourth-order valence-corrected chi connectivity index (χ4v) is 2.19. The zero-order valence-corrected chi connectivity index (χ0v) is 10.1. The van der Waals surface area contributed by atoms with E-state index in [1.165, 1.54) is 0 Å². The summed E-state index contributed by atoms with van der Waals surface area (Å²) < 4.78 is 5.19. The topological polar surface area (TPSA) is 54.7 Å². The molecule has 1 aromatic carbocycles. The fraction of sp³-hybridized carbons (Fsp3) is 0.167. The van der Waals surface area contributed by atoms with Crippen LogP contribution in [0.4, 0.5) is 0 Å². The summed E-state index contributed by atoms with van der Waals surface area (Å²) >= 11 is 1.67. The van der Waals surface area contributed by atoms with Crippen molar-refractivity contribution >= 4 is 22.7 Å². The minimum atomic E-state index is 0.652. The normalized spacial score (nSPS) is 11.1. The van der Waals surface area contributed by atoms with Crippen LogP contribution in [0.15, 0.2) is 35.0 Å². The Balaban J connectivity index is 2.10. The Hall–Kier alpha value is -1.75. The molecule has 0 saturated heterocycles. The third kappa shape index (κ3) is 1.82. The molecule has 17 heavy (non-hydrogen) atoms. The van der Waals surface area contributed by atoms with Crippen LogP contribution < -0.4 is 0 Å². The molecule has 0 fully saturated rings. The van der Waals surface area contributed by atoms with Crippen molar-refractivity contribution in [3.8, 4) is 11.4 Å². The Morgan fingerprint density at radius 3 is 3.18 bits per heavy atom. The first-order chi connectivity index (χ1) is 8.38. The molecule has 3 rings (SSSR count). The quantitative estimate of drug-likeness (QED) is 0.770. The third-order valence-electron chi connectivity index (χ3n) is 2.57. The van der Waals surface area contributed by atoms with Gasteiger partial charge in [-0.2, -0.15) is 16.7 Å². The highest BCUT2D eigenvalue weighted by molar-refractivity contribution is 7.97. The molecular weight excluding hydrogens is 234 g/mol. The Kier molecular flexibility index (Phi) is 2.60. The van der Waals surface area contributed by atoms with Gasteiger partial charge in [0.25, 0.3) is 0 Å². The highest BCUT2D eigenvalue weighted by Crippen LogP contribution is 2.26. The fourth-order valence-electron chi connectivity index (χ4n) is 1.83. The third-order valence-corrected chi connectivity index (χ3v) is 3.11. The van der Waals surface area contributed by atoms with Gasteiger partial charge < -0.3 is 9.51 Å². The van der Waals surface area contributed by atoms with Gasteiger partial charge in [0.05, 0.1) is 5.75 Å². The van der Waals surface area contributed by atoms with Crippen molar-refractivity contribution < 1.29 is 4.52 Å². The summed E-state index contributed by atoms with van der Waals surface area (Å²) in [6, 6.07) is 8.04. The van der Waals surface area contributed by atoms with Gasteiger partial charge in [0, 0.05) is 22.7 Å². The van der Waals surface area contributed by atoms with Gasteiger partial charge in [0.2, 0.25) is 11.7 Å². The number of fused-ring (bicyclic) bond motifs is 1. The second-order valence-corrected chi connectivity index (χ2v) is 4.56. The molecular formula is C12H11N3OS. The highest BCUT2D eigenvalue weighted by Gasteiger charge is 2.11. The molecule has 0 atom stereocenters. The van der Waals surface area contributed by atoms with Gasteiger partial charge in [0.15, 0.2) is 0 Å². The molecule has 5 heteroatoms. The van der Waals surface area contributed by atoms with Crippen LogP contribution in [0.2, 0.25) is 0 Å². The number of H-pyrrole nitrogens is 1. The lowest BCUT2D eigenvalue weighted by atomic mass is 10.1. The average molecular weight is 245 g/mol. The van der Waals surface area contributed by atoms with E-state index in [0.29, 0.717) is 11.7 Å². The SMILES string of the molecule is CSCc1nc(-c2cccc3[nH]ccc23)no1. The molecule has 0 aliphatic heterocycles. The molecule has 0 unspecified atom stereocenters. The van der Waals surface area contributed by atoms with Gasteiger partial charge in [-0.3, -0.25) is 0 Å². The number of thioether (sulfide) groups is 1. The van der Waals surface area contributed by atoms with Crippen LogP contribution in [-0.4, -0.2) is 21.4 Å². The monoisotopic (exact) mass is 245 g/mol. The summed E-state index contributed by atoms with van der Waals surface area (Å²) in [6.07, 6.45) is 3.92. The first-order valence-electron chi connectivity index (χ1n) is 5.26. The van der Waals surface area contributed by atoms with Crippen LogP contribution in [0.1, 0.15) is 5.89 Å². The second-order valence-electron chi connectivity index (χ2n) is 3.69. The molecule has 0 aliphatic carbocycles. The standard InChI is InChI=1S/C12H11N3OS/c1-17-7-11-14-12(15-16-11)9-3-2-4-10-8(9)5-6-13-10/h2-6,13H,7H2,1H3. The predicted molar refractivity (Wildman–Crippen MR) is 68.8 cm³/mol. The summed E-state index contributed by atoms with van der Waals surface area (Å²) in [5, 5.41) is 5.14. The molecule has 3 aromatic rings. The number of aromatic nitrogens is 3. The number of hydrogen-bond donors (Lipinski definition) is 1. The largest absolute Gasteiger partial charge is 0.361 e. The second kappa shape index (κ2) is 4.25. The maximum Gasteiger partial charge on any atom is 0.236 e. The summed E-state index contributed by atoms with van der Waals surface area (Å²) in [7, 11) is 0. The molecule has 2 heterocycles. The number of aromatic amines is 1. The summed E-state index contributed by atoms with van der Waals surface area (Å²) in [5.74, 6) is 2.06. The number of benzene rings is 1. The Morgan fingerprint density at radius 1 is 1.35 bits per heavy atom. The number of nitrogens with zero attached hydrogens (tertiary/aromatic N) is 2. The van der Waals surface area contributed by atoms with Crippen LogP contribution >= 0.6 is 11.8 Å². The van der Waals surface area contributed by atoms with E-state index in [1.807, 2.05) is 36.7 Å². The molecule has 0 amide bonds. The van der Waals surface area contributed by atoms with E-state index >= 15 is 0 Å². The Labute approximate surface area is 102 Å². The van der Waals surface area contributed by atoms with Gasteiger partial charge in [-0.15, -0.1) is 0 Å². The van der Waals surface area contributed by atoms with Crippen LogP contribution in [0.25, 0.3) is 22.3 Å². The van der Waals surface area contributed by atoms with E-state index in [9.17, 15) is 0 Å².